The van der Waals surface area contributed by atoms with Crippen molar-refractivity contribution in [2.45, 2.75) is 37.5 Å². The van der Waals surface area contributed by atoms with E-state index in [4.69, 9.17) is 15.0 Å². The normalized spacial score (nSPS) is 14.1. The Balaban J connectivity index is 1.12. The molecule has 2 aliphatic carbocycles. The predicted molar refractivity (Wildman–Crippen MR) is 199 cm³/mol. The van der Waals surface area contributed by atoms with Crippen molar-refractivity contribution in [3.8, 4) is 73.6 Å². The minimum absolute atomic E-state index is 0.0168. The summed E-state index contributed by atoms with van der Waals surface area (Å²) in [5.74, 6) is 1.89. The third-order valence-corrected chi connectivity index (χ3v) is 10.5. The number of hydrogen-bond donors (Lipinski definition) is 0. The number of nitrogens with zero attached hydrogens (tertiary/aromatic N) is 5. The molecular formula is C45H33N5. The summed E-state index contributed by atoms with van der Waals surface area (Å²) in [4.78, 5) is 19.2. The molecule has 7 aromatic rings. The fourth-order valence-corrected chi connectivity index (χ4v) is 8.04. The van der Waals surface area contributed by atoms with Gasteiger partial charge in [-0.3, -0.25) is 4.98 Å². The van der Waals surface area contributed by atoms with Crippen LogP contribution < -0.4 is 0 Å². The molecule has 0 aliphatic heterocycles. The molecule has 0 saturated heterocycles. The van der Waals surface area contributed by atoms with Gasteiger partial charge in [0.1, 0.15) is 0 Å². The van der Waals surface area contributed by atoms with E-state index in [0.29, 0.717) is 17.5 Å². The van der Waals surface area contributed by atoms with E-state index < -0.39 is 0 Å². The van der Waals surface area contributed by atoms with E-state index in [1.54, 1.807) is 6.20 Å². The number of benzene rings is 5. The lowest BCUT2D eigenvalue weighted by Gasteiger charge is -2.36. The monoisotopic (exact) mass is 643 g/mol. The van der Waals surface area contributed by atoms with Crippen LogP contribution in [0.5, 0.6) is 0 Å². The van der Waals surface area contributed by atoms with Crippen LogP contribution in [0.2, 0.25) is 0 Å². The van der Waals surface area contributed by atoms with Crippen LogP contribution in [-0.4, -0.2) is 19.9 Å². The second kappa shape index (κ2) is 12.3. The van der Waals surface area contributed by atoms with Crippen molar-refractivity contribution in [3.05, 3.63) is 156 Å². The molecular weight excluding hydrogens is 611 g/mol. The molecule has 0 unspecified atom stereocenters. The average Bonchev–Trinajstić information content (AvgIpc) is 3.46. The third-order valence-electron chi connectivity index (χ3n) is 10.5. The van der Waals surface area contributed by atoms with Gasteiger partial charge in [0.05, 0.1) is 11.6 Å². The molecule has 5 aromatic carbocycles. The maximum absolute atomic E-state index is 9.78. The largest absolute Gasteiger partial charge is 0.264 e. The van der Waals surface area contributed by atoms with Crippen LogP contribution in [0, 0.1) is 11.3 Å². The van der Waals surface area contributed by atoms with Gasteiger partial charge in [-0.1, -0.05) is 128 Å². The Hall–Kier alpha value is -6.25. The molecule has 1 fully saturated rings. The quantitative estimate of drug-likeness (QED) is 0.187. The maximum atomic E-state index is 9.78. The van der Waals surface area contributed by atoms with Gasteiger partial charge >= 0.3 is 0 Å². The van der Waals surface area contributed by atoms with E-state index in [0.717, 1.165) is 51.8 Å². The molecule has 50 heavy (non-hydrogen) atoms. The van der Waals surface area contributed by atoms with Gasteiger partial charge in [0.15, 0.2) is 17.5 Å². The summed E-state index contributed by atoms with van der Waals surface area (Å²) < 4.78 is 0. The number of nitriles is 1. The Bertz CT molecular complexity index is 2390. The smallest absolute Gasteiger partial charge is 0.164 e. The van der Waals surface area contributed by atoms with Crippen molar-refractivity contribution in [2.75, 3.05) is 0 Å². The highest BCUT2D eigenvalue weighted by atomic mass is 15.0. The number of rotatable bonds is 5. The fourth-order valence-electron chi connectivity index (χ4n) is 8.04. The third kappa shape index (κ3) is 5.09. The van der Waals surface area contributed by atoms with Crippen molar-refractivity contribution in [1.82, 2.24) is 19.9 Å². The highest BCUT2D eigenvalue weighted by molar-refractivity contribution is 5.93. The summed E-state index contributed by atoms with van der Waals surface area (Å²) in [5.41, 5.74) is 13.4. The minimum Gasteiger partial charge on any atom is -0.264 e. The average molecular weight is 644 g/mol. The van der Waals surface area contributed by atoms with Crippen molar-refractivity contribution in [3.63, 3.8) is 0 Å². The van der Waals surface area contributed by atoms with Crippen LogP contribution in [0.3, 0.4) is 0 Å². The molecule has 2 heterocycles. The zero-order valence-electron chi connectivity index (χ0n) is 27.6. The number of pyridine rings is 1. The van der Waals surface area contributed by atoms with Crippen LogP contribution in [0.15, 0.2) is 140 Å². The van der Waals surface area contributed by atoms with Crippen LogP contribution in [0.25, 0.3) is 67.5 Å². The molecule has 0 amide bonds. The highest BCUT2D eigenvalue weighted by Crippen LogP contribution is 2.58. The van der Waals surface area contributed by atoms with E-state index in [-0.39, 0.29) is 5.41 Å². The standard InChI is InChI=1S/C45H33N5/c46-28-30-14-23-38-40(27-30)45(24-5-2-6-25-45)39-13-7-12-37(41(38)39)32-17-21-35(22-18-32)44-49-42(33-9-3-1-4-10-33)48-43(50-44)34-19-15-31(16-20-34)36-11-8-26-47-29-36/h1,3-4,7-23,26-27,29H,2,5-6,24-25H2. The second-order valence-corrected chi connectivity index (χ2v) is 13.3. The molecule has 5 nitrogen and oxygen atoms in total. The zero-order chi connectivity index (χ0) is 33.5. The Morgan fingerprint density at radius 3 is 1.76 bits per heavy atom. The summed E-state index contributed by atoms with van der Waals surface area (Å²) in [7, 11) is 0. The topological polar surface area (TPSA) is 75.3 Å². The number of hydrogen-bond acceptors (Lipinski definition) is 5. The van der Waals surface area contributed by atoms with Gasteiger partial charge < -0.3 is 0 Å². The summed E-state index contributed by atoms with van der Waals surface area (Å²) in [5, 5.41) is 9.78. The molecule has 5 heteroatoms. The Labute approximate surface area is 292 Å². The van der Waals surface area contributed by atoms with Gasteiger partial charge in [-0.05, 0) is 75.5 Å². The molecule has 0 radical (unpaired) electrons. The van der Waals surface area contributed by atoms with Gasteiger partial charge in [0, 0.05) is 34.5 Å². The van der Waals surface area contributed by atoms with E-state index in [1.807, 2.05) is 48.7 Å². The molecule has 0 bridgehead atoms. The Morgan fingerprint density at radius 1 is 0.500 bits per heavy atom. The van der Waals surface area contributed by atoms with E-state index in [9.17, 15) is 5.26 Å². The first-order valence-electron chi connectivity index (χ1n) is 17.3. The summed E-state index contributed by atoms with van der Waals surface area (Å²) in [6.07, 6.45) is 9.60. The van der Waals surface area contributed by atoms with Gasteiger partial charge in [-0.2, -0.15) is 5.26 Å². The van der Waals surface area contributed by atoms with Crippen molar-refractivity contribution in [1.29, 1.82) is 5.26 Å². The van der Waals surface area contributed by atoms with Crippen molar-refractivity contribution in [2.24, 2.45) is 0 Å². The lowest BCUT2D eigenvalue weighted by molar-refractivity contribution is 0.353. The van der Waals surface area contributed by atoms with E-state index in [1.165, 1.54) is 47.1 Å². The van der Waals surface area contributed by atoms with Crippen molar-refractivity contribution >= 4 is 0 Å². The first-order chi connectivity index (χ1) is 24.7. The van der Waals surface area contributed by atoms with E-state index >= 15 is 0 Å². The maximum Gasteiger partial charge on any atom is 0.164 e. The van der Waals surface area contributed by atoms with Crippen LogP contribution in [0.4, 0.5) is 0 Å². The lowest BCUT2D eigenvalue weighted by atomic mass is 9.67. The molecule has 238 valence electrons. The predicted octanol–water partition coefficient (Wildman–Crippen LogP) is 10.7. The first kappa shape index (κ1) is 29.9. The fraction of sp³-hybridized carbons (Fsp3) is 0.133. The second-order valence-electron chi connectivity index (χ2n) is 13.3. The van der Waals surface area contributed by atoms with Crippen LogP contribution in [0.1, 0.15) is 48.8 Å². The summed E-state index contributed by atoms with van der Waals surface area (Å²) >= 11 is 0. The van der Waals surface area contributed by atoms with Crippen LogP contribution >= 0.6 is 0 Å². The van der Waals surface area contributed by atoms with Gasteiger partial charge in [-0.25, -0.2) is 15.0 Å². The molecule has 2 aliphatic rings. The van der Waals surface area contributed by atoms with Gasteiger partial charge in [0.2, 0.25) is 0 Å². The summed E-state index contributed by atoms with van der Waals surface area (Å²) in [6.45, 7) is 0. The van der Waals surface area contributed by atoms with E-state index in [2.05, 4.69) is 96.0 Å². The minimum atomic E-state index is -0.0168. The Morgan fingerprint density at radius 2 is 1.12 bits per heavy atom. The van der Waals surface area contributed by atoms with Crippen molar-refractivity contribution < 1.29 is 0 Å². The molecule has 0 atom stereocenters. The Kier molecular flexibility index (Phi) is 7.36. The van der Waals surface area contributed by atoms with Gasteiger partial charge in [-0.15, -0.1) is 0 Å². The number of fused-ring (bicyclic) bond motifs is 5. The number of aromatic nitrogens is 4. The SMILES string of the molecule is N#Cc1ccc2c(c1)C1(CCCCC1)c1cccc(-c3ccc(-c4nc(-c5ccccc5)nc(-c5ccc(-c6cccnc6)cc5)n4)cc3)c1-2. The zero-order valence-corrected chi connectivity index (χ0v) is 27.6. The summed E-state index contributed by atoms with van der Waals surface area (Å²) in [6, 6.07) is 46.5. The molecule has 1 saturated carbocycles. The highest BCUT2D eigenvalue weighted by Gasteiger charge is 2.44. The van der Waals surface area contributed by atoms with Gasteiger partial charge in [0.25, 0.3) is 0 Å². The first-order valence-corrected chi connectivity index (χ1v) is 17.3. The lowest BCUT2D eigenvalue weighted by Crippen LogP contribution is -2.28. The molecule has 9 rings (SSSR count). The molecule has 2 aromatic heterocycles. The molecule has 0 N–H and O–H groups in total. The van der Waals surface area contributed by atoms with Crippen LogP contribution in [-0.2, 0) is 5.41 Å². The molecule has 1 spiro atoms.